The molecule has 14 heavy (non-hydrogen) atoms. The first-order valence-corrected chi connectivity index (χ1v) is 3.60. The Balaban J connectivity index is 0.00000169. The minimum Gasteiger partial charge on any atom is -0.294 e. The molecule has 0 aliphatic rings. The molecule has 0 N–H and O–H groups in total. The maximum absolute atomic E-state index is 12.3. The number of Topliss-reactive ketones (excluding diaryl/α,β-unsaturated/α-hetero) is 1. The summed E-state index contributed by atoms with van der Waals surface area (Å²) >= 11 is 0. The molecule has 1 aromatic rings. The molecule has 0 radical (unpaired) electrons. The fraction of sp³-hybridized carbons (Fsp3) is 0.222. The molecular weight excluding hydrogens is 221 g/mol. The molecule has 0 aliphatic carbocycles. The van der Waals surface area contributed by atoms with Crippen LogP contribution in [0.1, 0.15) is 22.8 Å². The average molecular weight is 228 g/mol. The van der Waals surface area contributed by atoms with Crippen LogP contribution in [0, 0.1) is 37.7 Å². The molecule has 5 heteroatoms. The number of benzene rings is 1. The second-order valence-electron chi connectivity index (χ2n) is 2.60. The van der Waals surface area contributed by atoms with Crippen LogP contribution in [0.2, 0.25) is 0 Å². The van der Waals surface area contributed by atoms with E-state index in [4.69, 9.17) is 0 Å². The maximum atomic E-state index is 12.3. The smallest absolute Gasteiger partial charge is 0.294 e. The van der Waals surface area contributed by atoms with Crippen LogP contribution in [0.5, 0.6) is 0 Å². The number of carbonyl (C=O) groups is 1. The molecule has 0 atom stereocenters. The Labute approximate surface area is 109 Å². The van der Waals surface area contributed by atoms with Crippen LogP contribution in [-0.4, -0.2) is 5.78 Å². The van der Waals surface area contributed by atoms with E-state index in [-0.39, 0.29) is 43.3 Å². The van der Waals surface area contributed by atoms with Crippen molar-refractivity contribution in [2.45, 2.75) is 13.1 Å². The van der Waals surface area contributed by atoms with Crippen molar-refractivity contribution in [3.63, 3.8) is 0 Å². The number of ketones is 1. The summed E-state index contributed by atoms with van der Waals surface area (Å²) < 4.78 is 36.8. The van der Waals surface area contributed by atoms with Gasteiger partial charge < -0.3 is 0 Å². The summed E-state index contributed by atoms with van der Waals surface area (Å²) in [6.45, 7) is 1.12. The Hall–Kier alpha value is -0.0603. The fourth-order valence-electron chi connectivity index (χ4n) is 1.04. The van der Waals surface area contributed by atoms with Gasteiger partial charge in [-0.05, 0) is 13.0 Å². The fourth-order valence-corrected chi connectivity index (χ4v) is 1.04. The molecule has 0 unspecified atom stereocenters. The van der Waals surface area contributed by atoms with Crippen molar-refractivity contribution < 1.29 is 55.7 Å². The van der Waals surface area contributed by atoms with Crippen LogP contribution in [-0.2, 0) is 6.18 Å². The van der Waals surface area contributed by atoms with Crippen molar-refractivity contribution in [1.29, 1.82) is 0 Å². The number of rotatable bonds is 1. The summed E-state index contributed by atoms with van der Waals surface area (Å²) in [4.78, 5) is 10.8. The summed E-state index contributed by atoms with van der Waals surface area (Å²) in [6.07, 6.45) is -4.46. The normalized spacial score (nSPS) is 10.6. The third-order valence-electron chi connectivity index (χ3n) is 1.61. The van der Waals surface area contributed by atoms with E-state index >= 15 is 0 Å². The Morgan fingerprint density at radius 2 is 1.71 bits per heavy atom. The van der Waals surface area contributed by atoms with Gasteiger partial charge in [-0.15, -0.1) is 0 Å². The Bertz CT molecular complexity index is 333. The molecule has 0 bridgehead atoms. The molecule has 0 fully saturated rings. The summed E-state index contributed by atoms with van der Waals surface area (Å²) in [7, 11) is 0. The van der Waals surface area contributed by atoms with Gasteiger partial charge in [0.2, 0.25) is 0 Å². The van der Waals surface area contributed by atoms with Crippen LogP contribution in [0.15, 0.2) is 24.3 Å². The monoisotopic (exact) mass is 228 g/mol. The van der Waals surface area contributed by atoms with Crippen molar-refractivity contribution in [1.82, 2.24) is 0 Å². The predicted octanol–water partition coefficient (Wildman–Crippen LogP) is 2.91. The van der Waals surface area contributed by atoms with Gasteiger partial charge in [0, 0.05) is 43.3 Å². The van der Waals surface area contributed by atoms with E-state index in [1.54, 1.807) is 0 Å². The van der Waals surface area contributed by atoms with Crippen molar-refractivity contribution in [3.8, 4) is 0 Å². The van der Waals surface area contributed by atoms with Gasteiger partial charge in [0.15, 0.2) is 5.78 Å². The number of halogens is 3. The Morgan fingerprint density at radius 1 is 1.21 bits per heavy atom. The van der Waals surface area contributed by atoms with Gasteiger partial charge in [-0.3, -0.25) is 4.79 Å². The third kappa shape index (κ3) is 3.26. The maximum Gasteiger partial charge on any atom is 0.417 e. The van der Waals surface area contributed by atoms with E-state index in [9.17, 15) is 18.0 Å². The second-order valence-corrected chi connectivity index (χ2v) is 2.60. The molecular formula is C9H7ArF3O. The van der Waals surface area contributed by atoms with E-state index in [1.165, 1.54) is 18.2 Å². The number of alkyl halides is 3. The largest absolute Gasteiger partial charge is 0.417 e. The van der Waals surface area contributed by atoms with Crippen molar-refractivity contribution in [2.75, 3.05) is 0 Å². The van der Waals surface area contributed by atoms with Gasteiger partial charge in [0.25, 0.3) is 0 Å². The van der Waals surface area contributed by atoms with E-state index in [2.05, 4.69) is 0 Å². The number of hydrogen-bond acceptors (Lipinski definition) is 1. The molecule has 0 heterocycles. The van der Waals surface area contributed by atoms with Crippen LogP contribution >= 0.6 is 0 Å². The van der Waals surface area contributed by atoms with Gasteiger partial charge in [0.05, 0.1) is 5.56 Å². The standard InChI is InChI=1S/C9H7F3O.Ar/c1-6(13)7-4-2-3-5-8(7)9(10,11)12;/h2-5H,1H3;. The van der Waals surface area contributed by atoms with Crippen LogP contribution in [0.25, 0.3) is 0 Å². The second kappa shape index (κ2) is 5.14. The average Bonchev–Trinajstić information content (AvgIpc) is 2.03. The molecule has 1 nitrogen and oxygen atoms in total. The van der Waals surface area contributed by atoms with Gasteiger partial charge in [-0.1, -0.05) is 18.2 Å². The van der Waals surface area contributed by atoms with Crippen molar-refractivity contribution in [2.24, 2.45) is 0 Å². The quantitative estimate of drug-likeness (QED) is 0.675. The molecule has 0 saturated heterocycles. The number of carbonyl (C=O) groups excluding carboxylic acids is 1. The molecule has 0 saturated carbocycles. The zero-order valence-corrected chi connectivity index (χ0v) is 7.91. The van der Waals surface area contributed by atoms with E-state index in [1.807, 2.05) is 0 Å². The summed E-state index contributed by atoms with van der Waals surface area (Å²) in [5.74, 6) is -0.576. The zero-order chi connectivity index (χ0) is 10.1. The minimum atomic E-state index is -4.46. The zero-order valence-electron chi connectivity index (χ0n) is 7.21. The molecule has 1 rings (SSSR count). The van der Waals surface area contributed by atoms with Gasteiger partial charge in [-0.25, -0.2) is 0 Å². The molecule has 78 valence electrons. The van der Waals surface area contributed by atoms with Gasteiger partial charge >= 0.3 is 6.18 Å². The van der Waals surface area contributed by atoms with E-state index in [0.29, 0.717) is 0 Å². The van der Waals surface area contributed by atoms with Crippen LogP contribution in [0.4, 0.5) is 13.2 Å². The number of hydrogen-bond donors (Lipinski definition) is 0. The summed E-state index contributed by atoms with van der Waals surface area (Å²) in [6, 6.07) is 4.74. The third-order valence-corrected chi connectivity index (χ3v) is 1.61. The first kappa shape index (κ1) is 13.9. The predicted molar refractivity (Wildman–Crippen MR) is 41.4 cm³/mol. The van der Waals surface area contributed by atoms with E-state index in [0.717, 1.165) is 13.0 Å². The van der Waals surface area contributed by atoms with Crippen LogP contribution < -0.4 is 0 Å². The van der Waals surface area contributed by atoms with Crippen molar-refractivity contribution >= 4 is 5.78 Å². The topological polar surface area (TPSA) is 17.1 Å². The molecule has 0 aromatic heterocycles. The van der Waals surface area contributed by atoms with Gasteiger partial charge in [-0.2, -0.15) is 13.2 Å². The SMILES string of the molecule is CC(=O)c1ccccc1C(F)(F)F.[Ar]. The molecule has 0 amide bonds. The minimum absolute atomic E-state index is 0. The molecule has 0 aliphatic heterocycles. The van der Waals surface area contributed by atoms with Crippen LogP contribution in [0.3, 0.4) is 0 Å². The molecule has 1 aromatic carbocycles. The van der Waals surface area contributed by atoms with Gasteiger partial charge in [0.1, 0.15) is 0 Å². The Morgan fingerprint density at radius 3 is 2.07 bits per heavy atom. The first-order valence-electron chi connectivity index (χ1n) is 3.60. The Kier molecular flexibility index (Phi) is 5.12. The molecule has 0 spiro atoms. The van der Waals surface area contributed by atoms with E-state index < -0.39 is 17.5 Å². The summed E-state index contributed by atoms with van der Waals surface area (Å²) in [5.41, 5.74) is -1.16. The van der Waals surface area contributed by atoms with Crippen molar-refractivity contribution in [3.05, 3.63) is 35.4 Å². The summed E-state index contributed by atoms with van der Waals surface area (Å²) in [5, 5.41) is 0. The first-order chi connectivity index (χ1) is 5.93.